The maximum atomic E-state index is 11.7. The summed E-state index contributed by atoms with van der Waals surface area (Å²) in [5.41, 5.74) is 6.17. The van der Waals surface area contributed by atoms with Gasteiger partial charge in [0, 0.05) is 18.0 Å². The lowest BCUT2D eigenvalue weighted by Gasteiger charge is -2.26. The Morgan fingerprint density at radius 2 is 2.15 bits per heavy atom. The lowest BCUT2D eigenvalue weighted by Crippen LogP contribution is -2.46. The van der Waals surface area contributed by atoms with Gasteiger partial charge in [-0.2, -0.15) is 4.98 Å². The van der Waals surface area contributed by atoms with Crippen molar-refractivity contribution in [1.82, 2.24) is 9.97 Å². The van der Waals surface area contributed by atoms with Crippen molar-refractivity contribution in [2.24, 2.45) is 17.5 Å². The summed E-state index contributed by atoms with van der Waals surface area (Å²) in [6.45, 7) is 6.12. The summed E-state index contributed by atoms with van der Waals surface area (Å²) >= 11 is 0. The molecule has 1 aromatic heterocycles. The molecule has 0 saturated carbocycles. The van der Waals surface area contributed by atoms with Gasteiger partial charge in [-0.1, -0.05) is 19.9 Å². The molecular formula is C18H24N6O3. The summed E-state index contributed by atoms with van der Waals surface area (Å²) in [6, 6.07) is 6.55. The molecule has 27 heavy (non-hydrogen) atoms. The van der Waals surface area contributed by atoms with Crippen molar-refractivity contribution in [3.8, 4) is 5.75 Å². The number of carbonyl (C=O) groups excluding carboxylic acids is 2. The van der Waals surface area contributed by atoms with Gasteiger partial charge in [-0.3, -0.25) is 9.80 Å². The van der Waals surface area contributed by atoms with Crippen LogP contribution >= 0.6 is 0 Å². The van der Waals surface area contributed by atoms with Gasteiger partial charge in [-0.15, -0.1) is 0 Å². The number of hydrazine groups is 1. The Morgan fingerprint density at radius 1 is 1.41 bits per heavy atom. The van der Waals surface area contributed by atoms with E-state index < -0.39 is 11.9 Å². The molecule has 5 N–H and O–H groups in total. The van der Waals surface area contributed by atoms with Gasteiger partial charge in [0.1, 0.15) is 29.5 Å². The highest BCUT2D eigenvalue weighted by Gasteiger charge is 2.23. The number of nitrogens with two attached hydrogens (primary N) is 2. The van der Waals surface area contributed by atoms with E-state index in [1.165, 1.54) is 11.2 Å². The van der Waals surface area contributed by atoms with Gasteiger partial charge in [0.2, 0.25) is 5.95 Å². The Labute approximate surface area is 157 Å². The first-order chi connectivity index (χ1) is 12.9. The van der Waals surface area contributed by atoms with E-state index >= 15 is 0 Å². The summed E-state index contributed by atoms with van der Waals surface area (Å²) in [6.07, 6.45) is 2.01. The van der Waals surface area contributed by atoms with Crippen LogP contribution in [0.2, 0.25) is 0 Å². The maximum Gasteiger partial charge on any atom is 0.254 e. The largest absolute Gasteiger partial charge is 0.494 e. The van der Waals surface area contributed by atoms with Crippen LogP contribution in [0.1, 0.15) is 31.1 Å². The van der Waals surface area contributed by atoms with Gasteiger partial charge in [0.25, 0.3) is 5.91 Å². The quantitative estimate of drug-likeness (QED) is 0.343. The Balaban J connectivity index is 2.40. The number of ether oxygens (including phenoxy) is 1. The molecule has 1 heterocycles. The number of nitrogens with zero attached hydrogens (tertiary/aromatic N) is 3. The molecule has 0 fully saturated rings. The van der Waals surface area contributed by atoms with Gasteiger partial charge in [0.05, 0.1) is 6.61 Å². The van der Waals surface area contributed by atoms with Crippen LogP contribution in [0.25, 0.3) is 0 Å². The zero-order valence-corrected chi connectivity index (χ0v) is 15.5. The molecule has 9 heteroatoms. The molecule has 1 unspecified atom stereocenters. The molecule has 0 radical (unpaired) electrons. The molecule has 0 aliphatic heterocycles. The number of rotatable bonds is 9. The summed E-state index contributed by atoms with van der Waals surface area (Å²) in [7, 11) is 0. The molecule has 2 aromatic rings. The number of hydrogen-bond donors (Lipinski definition) is 3. The summed E-state index contributed by atoms with van der Waals surface area (Å²) in [5.74, 6) is 6.22. The second-order valence-corrected chi connectivity index (χ2v) is 6.16. The fourth-order valence-electron chi connectivity index (χ4n) is 2.42. The highest BCUT2D eigenvalue weighted by molar-refractivity contribution is 5.98. The third-order valence-electron chi connectivity index (χ3n) is 3.82. The Morgan fingerprint density at radius 3 is 2.74 bits per heavy atom. The van der Waals surface area contributed by atoms with Crippen molar-refractivity contribution in [2.45, 2.75) is 26.8 Å². The number of nitrogens with one attached hydrogen (secondary N) is 1. The molecule has 2 rings (SSSR count). The third-order valence-corrected chi connectivity index (χ3v) is 3.82. The third kappa shape index (κ3) is 4.91. The molecule has 0 aliphatic rings. The van der Waals surface area contributed by atoms with Crippen LogP contribution < -0.4 is 26.6 Å². The molecule has 144 valence electrons. The van der Waals surface area contributed by atoms with Gasteiger partial charge in [-0.25, -0.2) is 10.8 Å². The molecule has 0 saturated heterocycles. The minimum Gasteiger partial charge on any atom is -0.494 e. The van der Waals surface area contributed by atoms with Crippen LogP contribution in [-0.2, 0) is 4.79 Å². The van der Waals surface area contributed by atoms with E-state index in [9.17, 15) is 9.59 Å². The summed E-state index contributed by atoms with van der Waals surface area (Å²) in [4.78, 5) is 31.4. The van der Waals surface area contributed by atoms with Crippen LogP contribution in [0, 0.1) is 5.92 Å². The highest BCUT2D eigenvalue weighted by atomic mass is 16.5. The molecule has 0 aliphatic carbocycles. The highest BCUT2D eigenvalue weighted by Crippen LogP contribution is 2.24. The van der Waals surface area contributed by atoms with Crippen LogP contribution in [-0.4, -0.2) is 34.8 Å². The number of benzene rings is 1. The molecule has 1 atom stereocenters. The van der Waals surface area contributed by atoms with Crippen LogP contribution in [0.4, 0.5) is 17.5 Å². The second-order valence-electron chi connectivity index (χ2n) is 6.16. The van der Waals surface area contributed by atoms with E-state index in [1.54, 1.807) is 18.2 Å². The first-order valence-electron chi connectivity index (χ1n) is 8.53. The Kier molecular flexibility index (Phi) is 6.67. The fraction of sp³-hybridized carbons (Fsp3) is 0.333. The average molecular weight is 372 g/mol. The number of primary amides is 1. The SMILES string of the molecule is CCOc1cccc(Nc2nc(N(N)C(C=O)C(C)C)ncc2C(N)=O)c1. The molecule has 9 nitrogen and oxygen atoms in total. The number of hydrogen-bond acceptors (Lipinski definition) is 8. The predicted molar refractivity (Wildman–Crippen MR) is 103 cm³/mol. The zero-order valence-electron chi connectivity index (χ0n) is 15.5. The van der Waals surface area contributed by atoms with Gasteiger partial charge in [0.15, 0.2) is 0 Å². The van der Waals surface area contributed by atoms with E-state index in [-0.39, 0.29) is 23.2 Å². The average Bonchev–Trinajstić information content (AvgIpc) is 2.62. The van der Waals surface area contributed by atoms with Gasteiger partial charge in [-0.05, 0) is 25.0 Å². The topological polar surface area (TPSA) is 136 Å². The van der Waals surface area contributed by atoms with Crippen molar-refractivity contribution < 1.29 is 14.3 Å². The van der Waals surface area contributed by atoms with Crippen LogP contribution in [0.5, 0.6) is 5.75 Å². The number of carbonyl (C=O) groups is 2. The maximum absolute atomic E-state index is 11.7. The number of aldehydes is 1. The monoisotopic (exact) mass is 372 g/mol. The molecule has 0 spiro atoms. The molecular weight excluding hydrogens is 348 g/mol. The van der Waals surface area contributed by atoms with Crippen molar-refractivity contribution in [3.05, 3.63) is 36.0 Å². The predicted octanol–water partition coefficient (Wildman–Crippen LogP) is 1.62. The summed E-state index contributed by atoms with van der Waals surface area (Å²) < 4.78 is 5.46. The molecule has 0 bridgehead atoms. The second kappa shape index (κ2) is 8.95. The minimum atomic E-state index is -0.690. The van der Waals surface area contributed by atoms with Gasteiger partial charge < -0.3 is 20.6 Å². The van der Waals surface area contributed by atoms with E-state index in [0.717, 1.165) is 6.29 Å². The van der Waals surface area contributed by atoms with Gasteiger partial charge >= 0.3 is 0 Å². The number of aromatic nitrogens is 2. The van der Waals surface area contributed by atoms with E-state index in [0.29, 0.717) is 18.0 Å². The first kappa shape index (κ1) is 20.1. The number of amides is 1. The van der Waals surface area contributed by atoms with E-state index in [2.05, 4.69) is 15.3 Å². The van der Waals surface area contributed by atoms with Crippen LogP contribution in [0.15, 0.2) is 30.5 Å². The van der Waals surface area contributed by atoms with E-state index in [4.69, 9.17) is 16.3 Å². The minimum absolute atomic E-state index is 0.0498. The molecule has 1 amide bonds. The van der Waals surface area contributed by atoms with Crippen LogP contribution in [0.3, 0.4) is 0 Å². The van der Waals surface area contributed by atoms with Crippen molar-refractivity contribution >= 4 is 29.6 Å². The first-order valence-corrected chi connectivity index (χ1v) is 8.53. The normalized spacial score (nSPS) is 11.7. The lowest BCUT2D eigenvalue weighted by molar-refractivity contribution is -0.109. The summed E-state index contributed by atoms with van der Waals surface area (Å²) in [5, 5.41) is 4.20. The lowest BCUT2D eigenvalue weighted by atomic mass is 10.1. The van der Waals surface area contributed by atoms with E-state index in [1.807, 2.05) is 26.8 Å². The number of anilines is 3. The Hall–Kier alpha value is -3.20. The standard InChI is InChI=1S/C18H24N6O3/c1-4-27-13-7-5-6-12(8-13)22-17-14(16(19)26)9-21-18(23-17)24(20)15(10-25)11(2)3/h5-11,15H,4,20H2,1-3H3,(H2,19,26)(H,21,22,23). The fourth-order valence-corrected chi connectivity index (χ4v) is 2.42. The Bertz CT molecular complexity index is 811. The van der Waals surface area contributed by atoms with Crippen molar-refractivity contribution in [2.75, 3.05) is 16.9 Å². The smallest absolute Gasteiger partial charge is 0.254 e. The van der Waals surface area contributed by atoms with Crippen molar-refractivity contribution in [1.29, 1.82) is 0 Å². The van der Waals surface area contributed by atoms with Crippen molar-refractivity contribution in [3.63, 3.8) is 0 Å². The zero-order chi connectivity index (χ0) is 20.0. The molecule has 1 aromatic carbocycles.